The van der Waals surface area contributed by atoms with Gasteiger partial charge in [0.15, 0.2) is 5.96 Å². The molecule has 1 aliphatic rings. The molecule has 3 atom stereocenters. The van der Waals surface area contributed by atoms with Crippen LogP contribution in [0.5, 0.6) is 0 Å². The summed E-state index contributed by atoms with van der Waals surface area (Å²) in [5, 5.41) is 7.26. The second-order valence-corrected chi connectivity index (χ2v) is 9.10. The number of hydrogen-bond donors (Lipinski definition) is 2. The van der Waals surface area contributed by atoms with Crippen LogP contribution in [0.25, 0.3) is 11.0 Å². The van der Waals surface area contributed by atoms with Crippen molar-refractivity contribution < 1.29 is 4.21 Å². The minimum absolute atomic E-state index is 0. The molecule has 0 bridgehead atoms. The molecular formula is C20H32IN5OS. The van der Waals surface area contributed by atoms with Gasteiger partial charge in [-0.1, -0.05) is 25.5 Å². The molecule has 1 aromatic heterocycles. The summed E-state index contributed by atoms with van der Waals surface area (Å²) in [7, 11) is 1.10. The number of hydrogen-bond acceptors (Lipinski definition) is 3. The molecule has 3 rings (SSSR count). The normalized spacial score (nSPS) is 21.2. The van der Waals surface area contributed by atoms with Crippen LogP contribution in [0.1, 0.15) is 38.4 Å². The number of halogens is 1. The fourth-order valence-electron chi connectivity index (χ4n) is 3.90. The highest BCUT2D eigenvalue weighted by Crippen LogP contribution is 2.23. The van der Waals surface area contributed by atoms with Crippen molar-refractivity contribution in [1.82, 2.24) is 20.2 Å². The smallest absolute Gasteiger partial charge is 0.191 e. The lowest BCUT2D eigenvalue weighted by Gasteiger charge is -2.30. The molecule has 1 aliphatic carbocycles. The van der Waals surface area contributed by atoms with Crippen molar-refractivity contribution in [2.75, 3.05) is 19.3 Å². The standard InChI is InChI=1S/C20H31N5OS.HI/c1-4-27(26)17-9-7-8-16(14-17)24-20(21-3)22-12-13-25-15(2)23-18-10-5-6-11-19(18)25;/h5-6,10-11,16-17H,4,7-9,12-14H2,1-3H3,(H2,21,22,24);1H. The number of guanidine groups is 1. The number of aromatic nitrogens is 2. The van der Waals surface area contributed by atoms with E-state index in [-0.39, 0.29) is 24.0 Å². The summed E-state index contributed by atoms with van der Waals surface area (Å²) in [6.07, 6.45) is 4.29. The summed E-state index contributed by atoms with van der Waals surface area (Å²) in [5.41, 5.74) is 2.20. The van der Waals surface area contributed by atoms with E-state index >= 15 is 0 Å². The molecule has 156 valence electrons. The maximum Gasteiger partial charge on any atom is 0.191 e. The molecular weight excluding hydrogens is 485 g/mol. The van der Waals surface area contributed by atoms with Crippen molar-refractivity contribution in [3.8, 4) is 0 Å². The van der Waals surface area contributed by atoms with E-state index in [2.05, 4.69) is 31.2 Å². The van der Waals surface area contributed by atoms with Crippen LogP contribution >= 0.6 is 24.0 Å². The zero-order valence-corrected chi connectivity index (χ0v) is 20.1. The zero-order chi connectivity index (χ0) is 19.2. The number of para-hydroxylation sites is 2. The van der Waals surface area contributed by atoms with Gasteiger partial charge in [0, 0.05) is 48.0 Å². The van der Waals surface area contributed by atoms with Crippen LogP contribution in [0.15, 0.2) is 29.3 Å². The van der Waals surface area contributed by atoms with Gasteiger partial charge in [-0.2, -0.15) is 0 Å². The maximum absolute atomic E-state index is 12.1. The zero-order valence-electron chi connectivity index (χ0n) is 17.0. The highest BCUT2D eigenvalue weighted by atomic mass is 127. The number of imidazole rings is 1. The van der Waals surface area contributed by atoms with Crippen molar-refractivity contribution >= 4 is 51.8 Å². The summed E-state index contributed by atoms with van der Waals surface area (Å²) < 4.78 is 14.4. The molecule has 2 aromatic rings. The maximum atomic E-state index is 12.1. The van der Waals surface area contributed by atoms with Crippen LogP contribution < -0.4 is 10.6 Å². The fourth-order valence-corrected chi connectivity index (χ4v) is 5.25. The summed E-state index contributed by atoms with van der Waals surface area (Å²) in [6.45, 7) is 5.66. The molecule has 28 heavy (non-hydrogen) atoms. The molecule has 0 aliphatic heterocycles. The van der Waals surface area contributed by atoms with Crippen LogP contribution in [0.4, 0.5) is 0 Å². The number of benzene rings is 1. The van der Waals surface area contributed by atoms with Crippen LogP contribution in [0.3, 0.4) is 0 Å². The predicted octanol–water partition coefficient (Wildman–Crippen LogP) is 3.21. The van der Waals surface area contributed by atoms with Crippen LogP contribution in [-0.4, -0.2) is 50.4 Å². The molecule has 1 fully saturated rings. The average Bonchev–Trinajstić information content (AvgIpc) is 3.02. The average molecular weight is 517 g/mol. The fraction of sp³-hybridized carbons (Fsp3) is 0.600. The molecule has 2 N–H and O–H groups in total. The van der Waals surface area contributed by atoms with Crippen LogP contribution in [0.2, 0.25) is 0 Å². The number of fused-ring (bicyclic) bond motifs is 1. The lowest BCUT2D eigenvalue weighted by atomic mass is 9.95. The third-order valence-corrected chi connectivity index (χ3v) is 7.06. The first-order valence-corrected chi connectivity index (χ1v) is 11.3. The molecule has 0 radical (unpaired) electrons. The van der Waals surface area contributed by atoms with Crippen molar-refractivity contribution in [3.63, 3.8) is 0 Å². The Morgan fingerprint density at radius 2 is 2.14 bits per heavy atom. The van der Waals surface area contributed by atoms with E-state index in [1.54, 1.807) is 7.05 Å². The van der Waals surface area contributed by atoms with Crippen LogP contribution in [-0.2, 0) is 17.3 Å². The minimum atomic E-state index is -0.703. The van der Waals surface area contributed by atoms with Gasteiger partial charge in [0.1, 0.15) is 5.82 Å². The van der Waals surface area contributed by atoms with E-state index < -0.39 is 10.8 Å². The Labute approximate surface area is 187 Å². The molecule has 8 heteroatoms. The Balaban J connectivity index is 0.00000280. The SMILES string of the molecule is CCS(=O)C1CCCC(NC(=NC)NCCn2c(C)nc3ccccc32)C1.I. The highest BCUT2D eigenvalue weighted by Gasteiger charge is 2.26. The molecule has 0 saturated heterocycles. The molecule has 1 aromatic carbocycles. The van der Waals surface area contributed by atoms with E-state index in [1.165, 1.54) is 0 Å². The first kappa shape index (κ1) is 23.1. The van der Waals surface area contributed by atoms with Crippen molar-refractivity contribution in [3.05, 3.63) is 30.1 Å². The van der Waals surface area contributed by atoms with E-state index in [4.69, 9.17) is 0 Å². The van der Waals surface area contributed by atoms with E-state index in [0.717, 1.165) is 67.3 Å². The lowest BCUT2D eigenvalue weighted by Crippen LogP contribution is -2.47. The second-order valence-electron chi connectivity index (χ2n) is 7.10. The summed E-state index contributed by atoms with van der Waals surface area (Å²) in [5.74, 6) is 2.60. The summed E-state index contributed by atoms with van der Waals surface area (Å²) in [4.78, 5) is 8.99. The van der Waals surface area contributed by atoms with Gasteiger partial charge >= 0.3 is 0 Å². The molecule has 6 nitrogen and oxygen atoms in total. The Kier molecular flexibility index (Phi) is 9.20. The Hall–Kier alpha value is -1.16. The quantitative estimate of drug-likeness (QED) is 0.351. The topological polar surface area (TPSA) is 71.3 Å². The van der Waals surface area contributed by atoms with Gasteiger partial charge in [0.2, 0.25) is 0 Å². The molecule has 1 heterocycles. The van der Waals surface area contributed by atoms with Gasteiger partial charge in [-0.15, -0.1) is 24.0 Å². The number of rotatable bonds is 6. The first-order valence-electron chi connectivity index (χ1n) is 9.88. The number of nitrogens with zero attached hydrogens (tertiary/aromatic N) is 3. The molecule has 3 unspecified atom stereocenters. The number of nitrogens with one attached hydrogen (secondary N) is 2. The van der Waals surface area contributed by atoms with Gasteiger partial charge in [-0.05, 0) is 38.3 Å². The van der Waals surface area contributed by atoms with Gasteiger partial charge < -0.3 is 15.2 Å². The van der Waals surface area contributed by atoms with Crippen molar-refractivity contribution in [1.29, 1.82) is 0 Å². The van der Waals surface area contributed by atoms with E-state index in [9.17, 15) is 4.21 Å². The van der Waals surface area contributed by atoms with Gasteiger partial charge in [-0.3, -0.25) is 9.20 Å². The van der Waals surface area contributed by atoms with Crippen molar-refractivity contribution in [2.24, 2.45) is 4.99 Å². The summed E-state index contributed by atoms with van der Waals surface area (Å²) in [6, 6.07) is 8.58. The van der Waals surface area contributed by atoms with E-state index in [1.807, 2.05) is 32.0 Å². The molecule has 0 spiro atoms. The lowest BCUT2D eigenvalue weighted by molar-refractivity contribution is 0.413. The van der Waals surface area contributed by atoms with Gasteiger partial charge in [-0.25, -0.2) is 4.98 Å². The van der Waals surface area contributed by atoms with Crippen LogP contribution in [0, 0.1) is 6.92 Å². The predicted molar refractivity (Wildman–Crippen MR) is 129 cm³/mol. The Morgan fingerprint density at radius 1 is 1.36 bits per heavy atom. The van der Waals surface area contributed by atoms with Gasteiger partial charge in [0.25, 0.3) is 0 Å². The first-order chi connectivity index (χ1) is 13.1. The molecule has 1 saturated carbocycles. The Morgan fingerprint density at radius 3 is 2.89 bits per heavy atom. The monoisotopic (exact) mass is 517 g/mol. The third-order valence-electron chi connectivity index (χ3n) is 5.32. The number of aryl methyl sites for hydroxylation is 1. The number of aliphatic imine (C=N–C) groups is 1. The third kappa shape index (κ3) is 5.68. The van der Waals surface area contributed by atoms with Crippen molar-refractivity contribution in [2.45, 2.75) is 57.4 Å². The molecule has 0 amide bonds. The summed E-state index contributed by atoms with van der Waals surface area (Å²) >= 11 is 0. The largest absolute Gasteiger partial charge is 0.355 e. The van der Waals surface area contributed by atoms with Gasteiger partial charge in [0.05, 0.1) is 11.0 Å². The highest BCUT2D eigenvalue weighted by molar-refractivity contribution is 14.0. The van der Waals surface area contributed by atoms with E-state index in [0.29, 0.717) is 11.3 Å². The minimum Gasteiger partial charge on any atom is -0.355 e. The second kappa shape index (κ2) is 11.1. The Bertz CT molecular complexity index is 822.